The molecule has 0 spiro atoms. The predicted molar refractivity (Wildman–Crippen MR) is 91.8 cm³/mol. The van der Waals surface area contributed by atoms with Crippen molar-refractivity contribution >= 4 is 21.8 Å². The lowest BCUT2D eigenvalue weighted by atomic mass is 10.2. The van der Waals surface area contributed by atoms with Crippen molar-refractivity contribution < 1.29 is 9.47 Å². The highest BCUT2D eigenvalue weighted by molar-refractivity contribution is 5.80. The minimum atomic E-state index is -0.270. The number of hydrogen-bond donors (Lipinski definition) is 1. The predicted octanol–water partition coefficient (Wildman–Crippen LogP) is 2.11. The quantitative estimate of drug-likeness (QED) is 0.599. The Bertz CT molecular complexity index is 1100. The van der Waals surface area contributed by atoms with Gasteiger partial charge in [0, 0.05) is 24.8 Å². The van der Waals surface area contributed by atoms with Crippen LogP contribution in [0.2, 0.25) is 0 Å². The normalized spacial score (nSPS) is 11.2. The number of nitrogens with zero attached hydrogens (tertiary/aromatic N) is 4. The van der Waals surface area contributed by atoms with Gasteiger partial charge in [-0.1, -0.05) is 0 Å². The second-order valence-corrected chi connectivity index (χ2v) is 5.45. The average molecular weight is 337 g/mol. The van der Waals surface area contributed by atoms with E-state index >= 15 is 0 Å². The standard InChI is InChI=1S/C17H15N5O3/c1-24-7-6-22-15-8-12(3-2-11(15)9-19-22)25-17-20-14-10-18-5-4-13(14)16(23)21-17/h2-5,8-10H,6-7H2,1H3,(H,20,21,23). The minimum Gasteiger partial charge on any atom is -0.425 e. The van der Waals surface area contributed by atoms with Gasteiger partial charge in [-0.2, -0.15) is 10.1 Å². The molecule has 3 aromatic heterocycles. The Morgan fingerprint density at radius 3 is 3.04 bits per heavy atom. The lowest BCUT2D eigenvalue weighted by Gasteiger charge is -2.07. The van der Waals surface area contributed by atoms with Gasteiger partial charge in [0.05, 0.1) is 42.0 Å². The molecule has 0 saturated heterocycles. The molecule has 0 saturated carbocycles. The molecule has 0 aliphatic carbocycles. The molecule has 0 aliphatic rings. The maximum Gasteiger partial charge on any atom is 0.302 e. The van der Waals surface area contributed by atoms with Gasteiger partial charge in [-0.15, -0.1) is 0 Å². The highest BCUT2D eigenvalue weighted by atomic mass is 16.5. The van der Waals surface area contributed by atoms with Gasteiger partial charge in [-0.3, -0.25) is 19.4 Å². The molecule has 1 aromatic carbocycles. The number of methoxy groups -OCH3 is 1. The van der Waals surface area contributed by atoms with Crippen molar-refractivity contribution in [1.29, 1.82) is 0 Å². The summed E-state index contributed by atoms with van der Waals surface area (Å²) < 4.78 is 12.7. The monoisotopic (exact) mass is 337 g/mol. The fourth-order valence-electron chi connectivity index (χ4n) is 2.60. The third-order valence-corrected chi connectivity index (χ3v) is 3.83. The van der Waals surface area contributed by atoms with Crippen molar-refractivity contribution in [2.45, 2.75) is 6.54 Å². The smallest absolute Gasteiger partial charge is 0.302 e. The number of fused-ring (bicyclic) bond motifs is 2. The zero-order chi connectivity index (χ0) is 17.2. The molecule has 4 aromatic rings. The number of hydrogen-bond acceptors (Lipinski definition) is 6. The molecule has 1 N–H and O–H groups in total. The summed E-state index contributed by atoms with van der Waals surface area (Å²) in [5, 5.41) is 5.80. The Kier molecular flexibility index (Phi) is 3.87. The minimum absolute atomic E-state index is 0.118. The summed E-state index contributed by atoms with van der Waals surface area (Å²) in [6, 6.07) is 7.30. The van der Waals surface area contributed by atoms with E-state index in [4.69, 9.17) is 9.47 Å². The first-order chi connectivity index (χ1) is 12.2. The topological polar surface area (TPSA) is 94.9 Å². The van der Waals surface area contributed by atoms with Gasteiger partial charge in [0.15, 0.2) is 0 Å². The van der Waals surface area contributed by atoms with E-state index in [0.29, 0.717) is 29.8 Å². The molecule has 0 aliphatic heterocycles. The van der Waals surface area contributed by atoms with Crippen LogP contribution in [0.15, 0.2) is 47.7 Å². The largest absolute Gasteiger partial charge is 0.425 e. The van der Waals surface area contributed by atoms with Gasteiger partial charge in [0.2, 0.25) is 0 Å². The van der Waals surface area contributed by atoms with Crippen molar-refractivity contribution in [2.75, 3.05) is 13.7 Å². The number of ether oxygens (including phenoxy) is 2. The first kappa shape index (κ1) is 15.3. The summed E-state index contributed by atoms with van der Waals surface area (Å²) in [7, 11) is 1.65. The molecule has 0 bridgehead atoms. The number of pyridine rings is 1. The van der Waals surface area contributed by atoms with E-state index in [1.54, 1.807) is 31.6 Å². The molecule has 0 amide bonds. The molecule has 0 fully saturated rings. The van der Waals surface area contributed by atoms with E-state index in [2.05, 4.69) is 20.1 Å². The Morgan fingerprint density at radius 2 is 2.16 bits per heavy atom. The molecule has 0 unspecified atom stereocenters. The summed E-state index contributed by atoms with van der Waals surface area (Å²) in [4.78, 5) is 23.0. The van der Waals surface area contributed by atoms with Crippen LogP contribution >= 0.6 is 0 Å². The second kappa shape index (κ2) is 6.33. The molecule has 126 valence electrons. The average Bonchev–Trinajstić information content (AvgIpc) is 3.02. The summed E-state index contributed by atoms with van der Waals surface area (Å²) in [6.45, 7) is 1.20. The van der Waals surface area contributed by atoms with Crippen LogP contribution in [0.4, 0.5) is 0 Å². The lowest BCUT2D eigenvalue weighted by molar-refractivity contribution is 0.185. The SMILES string of the molecule is COCCn1ncc2ccc(Oc3nc4cnccc4c(=O)[nH]3)cc21. The maximum atomic E-state index is 12.1. The highest BCUT2D eigenvalue weighted by Crippen LogP contribution is 2.24. The van der Waals surface area contributed by atoms with Gasteiger partial charge in [-0.25, -0.2) is 0 Å². The lowest BCUT2D eigenvalue weighted by Crippen LogP contribution is -2.09. The summed E-state index contributed by atoms with van der Waals surface area (Å²) in [5.74, 6) is 0.554. The van der Waals surface area contributed by atoms with Crippen LogP contribution in [0.3, 0.4) is 0 Å². The van der Waals surface area contributed by atoms with E-state index < -0.39 is 0 Å². The third-order valence-electron chi connectivity index (χ3n) is 3.83. The van der Waals surface area contributed by atoms with Crippen molar-refractivity contribution in [3.8, 4) is 11.8 Å². The molecular weight excluding hydrogens is 322 g/mol. The fraction of sp³-hybridized carbons (Fsp3) is 0.176. The fourth-order valence-corrected chi connectivity index (χ4v) is 2.60. The summed E-state index contributed by atoms with van der Waals surface area (Å²) >= 11 is 0. The first-order valence-electron chi connectivity index (χ1n) is 7.71. The summed E-state index contributed by atoms with van der Waals surface area (Å²) in [5.41, 5.74) is 1.13. The molecule has 0 atom stereocenters. The first-order valence-corrected chi connectivity index (χ1v) is 7.71. The number of nitrogens with one attached hydrogen (secondary N) is 1. The van der Waals surface area contributed by atoms with Crippen LogP contribution < -0.4 is 10.3 Å². The van der Waals surface area contributed by atoms with E-state index in [9.17, 15) is 4.79 Å². The van der Waals surface area contributed by atoms with Gasteiger partial charge in [-0.05, 0) is 18.2 Å². The Hall–Kier alpha value is -3.26. The number of H-pyrrole nitrogens is 1. The number of benzene rings is 1. The van der Waals surface area contributed by atoms with Gasteiger partial charge in [0.25, 0.3) is 5.56 Å². The van der Waals surface area contributed by atoms with Gasteiger partial charge >= 0.3 is 6.01 Å². The van der Waals surface area contributed by atoms with E-state index in [1.165, 1.54) is 6.20 Å². The zero-order valence-corrected chi connectivity index (χ0v) is 13.5. The highest BCUT2D eigenvalue weighted by Gasteiger charge is 2.08. The van der Waals surface area contributed by atoms with Crippen LogP contribution in [-0.4, -0.2) is 38.4 Å². The number of aromatic amines is 1. The number of aromatic nitrogens is 5. The Labute approximate surface area is 142 Å². The Morgan fingerprint density at radius 1 is 1.24 bits per heavy atom. The van der Waals surface area contributed by atoms with E-state index in [0.717, 1.165) is 10.9 Å². The van der Waals surface area contributed by atoms with Crippen LogP contribution in [0.25, 0.3) is 21.8 Å². The second-order valence-electron chi connectivity index (χ2n) is 5.45. The molecule has 8 nitrogen and oxygen atoms in total. The molecule has 3 heterocycles. The van der Waals surface area contributed by atoms with Crippen molar-refractivity contribution in [1.82, 2.24) is 24.7 Å². The van der Waals surface area contributed by atoms with Crippen LogP contribution in [0.1, 0.15) is 0 Å². The van der Waals surface area contributed by atoms with Crippen molar-refractivity contribution in [3.05, 3.63) is 53.2 Å². The third kappa shape index (κ3) is 2.94. The molecule has 4 rings (SSSR count). The van der Waals surface area contributed by atoms with Gasteiger partial charge < -0.3 is 9.47 Å². The summed E-state index contributed by atoms with van der Waals surface area (Å²) in [6.07, 6.45) is 4.87. The van der Waals surface area contributed by atoms with E-state index in [-0.39, 0.29) is 11.6 Å². The molecular formula is C17H15N5O3. The molecule has 25 heavy (non-hydrogen) atoms. The Balaban J connectivity index is 1.69. The molecule has 0 radical (unpaired) electrons. The number of rotatable bonds is 5. The maximum absolute atomic E-state index is 12.1. The van der Waals surface area contributed by atoms with Crippen LogP contribution in [0.5, 0.6) is 11.8 Å². The van der Waals surface area contributed by atoms with E-state index in [1.807, 2.05) is 16.8 Å². The van der Waals surface area contributed by atoms with Gasteiger partial charge in [0.1, 0.15) is 5.75 Å². The van der Waals surface area contributed by atoms with Crippen molar-refractivity contribution in [3.63, 3.8) is 0 Å². The van der Waals surface area contributed by atoms with Crippen LogP contribution in [-0.2, 0) is 11.3 Å². The molecule has 8 heteroatoms. The zero-order valence-electron chi connectivity index (χ0n) is 13.5. The van der Waals surface area contributed by atoms with Crippen LogP contribution in [0, 0.1) is 0 Å². The van der Waals surface area contributed by atoms with Crippen molar-refractivity contribution in [2.24, 2.45) is 0 Å².